The Hall–Kier alpha value is -2.54. The standard InChI is InChI=1S/C17H18N6S/c1-13-6-7-18-17(19-13)23-10-8-22(9-11-23)16-5-4-14(20-21-16)15-3-2-12-24-15/h2-7,12H,8-11H2,1H3. The smallest absolute Gasteiger partial charge is 0.225 e. The van der Waals surface area contributed by atoms with E-state index in [2.05, 4.69) is 47.5 Å². The van der Waals surface area contributed by atoms with Gasteiger partial charge in [0.25, 0.3) is 0 Å². The van der Waals surface area contributed by atoms with Crippen LogP contribution in [-0.2, 0) is 0 Å². The molecule has 0 spiro atoms. The Kier molecular flexibility index (Phi) is 4.08. The molecule has 4 rings (SSSR count). The van der Waals surface area contributed by atoms with E-state index in [1.54, 1.807) is 11.3 Å². The molecule has 0 N–H and O–H groups in total. The Morgan fingerprint density at radius 1 is 0.958 bits per heavy atom. The Morgan fingerprint density at radius 3 is 2.46 bits per heavy atom. The molecule has 0 saturated carbocycles. The van der Waals surface area contributed by atoms with Crippen LogP contribution in [0.5, 0.6) is 0 Å². The number of anilines is 2. The first-order valence-corrected chi connectivity index (χ1v) is 8.85. The lowest BCUT2D eigenvalue weighted by molar-refractivity contribution is 0.630. The zero-order valence-corrected chi connectivity index (χ0v) is 14.3. The van der Waals surface area contributed by atoms with E-state index in [1.165, 1.54) is 0 Å². The molecule has 3 aromatic rings. The van der Waals surface area contributed by atoms with Gasteiger partial charge in [-0.3, -0.25) is 0 Å². The SMILES string of the molecule is Cc1ccnc(N2CCN(c3ccc(-c4cccs4)nn3)CC2)n1. The van der Waals surface area contributed by atoms with Gasteiger partial charge in [-0.1, -0.05) is 6.07 Å². The van der Waals surface area contributed by atoms with Crippen molar-refractivity contribution in [1.29, 1.82) is 0 Å². The molecule has 0 radical (unpaired) electrons. The second-order valence-electron chi connectivity index (χ2n) is 5.73. The summed E-state index contributed by atoms with van der Waals surface area (Å²) in [4.78, 5) is 14.5. The highest BCUT2D eigenvalue weighted by atomic mass is 32.1. The van der Waals surface area contributed by atoms with E-state index in [-0.39, 0.29) is 0 Å². The van der Waals surface area contributed by atoms with Crippen LogP contribution in [0.25, 0.3) is 10.6 Å². The first-order chi connectivity index (χ1) is 11.8. The minimum absolute atomic E-state index is 0.814. The van der Waals surface area contributed by atoms with Gasteiger partial charge in [0.2, 0.25) is 5.95 Å². The van der Waals surface area contributed by atoms with Crippen LogP contribution in [0.15, 0.2) is 41.9 Å². The molecule has 0 aliphatic carbocycles. The van der Waals surface area contributed by atoms with E-state index in [1.807, 2.05) is 31.3 Å². The third kappa shape index (κ3) is 3.07. The van der Waals surface area contributed by atoms with Crippen molar-refractivity contribution < 1.29 is 0 Å². The van der Waals surface area contributed by atoms with Gasteiger partial charge in [0.15, 0.2) is 5.82 Å². The van der Waals surface area contributed by atoms with Crippen molar-refractivity contribution in [2.45, 2.75) is 6.92 Å². The van der Waals surface area contributed by atoms with Crippen LogP contribution in [-0.4, -0.2) is 46.3 Å². The predicted octanol–water partition coefficient (Wildman–Crippen LogP) is 2.63. The van der Waals surface area contributed by atoms with Gasteiger partial charge in [-0.05, 0) is 36.6 Å². The maximum absolute atomic E-state index is 4.50. The largest absolute Gasteiger partial charge is 0.352 e. The van der Waals surface area contributed by atoms with Gasteiger partial charge in [-0.2, -0.15) is 0 Å². The molecule has 7 heteroatoms. The van der Waals surface area contributed by atoms with Crippen LogP contribution in [0.1, 0.15) is 5.69 Å². The molecule has 3 aromatic heterocycles. The number of hydrogen-bond donors (Lipinski definition) is 0. The summed E-state index contributed by atoms with van der Waals surface area (Å²) in [5, 5.41) is 10.8. The fourth-order valence-corrected chi connectivity index (χ4v) is 3.46. The van der Waals surface area contributed by atoms with Crippen molar-refractivity contribution in [1.82, 2.24) is 20.2 Å². The van der Waals surface area contributed by atoms with Gasteiger partial charge in [0.1, 0.15) is 5.69 Å². The van der Waals surface area contributed by atoms with Crippen LogP contribution in [0.4, 0.5) is 11.8 Å². The second-order valence-corrected chi connectivity index (χ2v) is 6.67. The van der Waals surface area contributed by atoms with Gasteiger partial charge in [-0.15, -0.1) is 21.5 Å². The van der Waals surface area contributed by atoms with Crippen molar-refractivity contribution in [2.75, 3.05) is 36.0 Å². The van der Waals surface area contributed by atoms with Gasteiger partial charge in [-0.25, -0.2) is 9.97 Å². The maximum Gasteiger partial charge on any atom is 0.225 e. The minimum Gasteiger partial charge on any atom is -0.352 e. The average Bonchev–Trinajstić information content (AvgIpc) is 3.17. The molecule has 1 aliphatic heterocycles. The fourth-order valence-electron chi connectivity index (χ4n) is 2.77. The van der Waals surface area contributed by atoms with Gasteiger partial charge < -0.3 is 9.80 Å². The first-order valence-electron chi connectivity index (χ1n) is 7.97. The zero-order valence-electron chi connectivity index (χ0n) is 13.5. The quantitative estimate of drug-likeness (QED) is 0.732. The van der Waals surface area contributed by atoms with Crippen molar-refractivity contribution in [3.63, 3.8) is 0 Å². The van der Waals surface area contributed by atoms with Crippen LogP contribution in [0.2, 0.25) is 0 Å². The van der Waals surface area contributed by atoms with Crippen molar-refractivity contribution >= 4 is 23.1 Å². The highest BCUT2D eigenvalue weighted by molar-refractivity contribution is 7.13. The van der Waals surface area contributed by atoms with Crippen molar-refractivity contribution in [3.8, 4) is 10.6 Å². The van der Waals surface area contributed by atoms with E-state index in [4.69, 9.17) is 0 Å². The molecule has 0 amide bonds. The second kappa shape index (κ2) is 6.52. The summed E-state index contributed by atoms with van der Waals surface area (Å²) in [5.41, 5.74) is 1.93. The minimum atomic E-state index is 0.814. The van der Waals surface area contributed by atoms with Crippen molar-refractivity contribution in [2.24, 2.45) is 0 Å². The topological polar surface area (TPSA) is 58.0 Å². The monoisotopic (exact) mass is 338 g/mol. The zero-order chi connectivity index (χ0) is 16.4. The van der Waals surface area contributed by atoms with Gasteiger partial charge in [0, 0.05) is 38.1 Å². The van der Waals surface area contributed by atoms with Crippen LogP contribution >= 0.6 is 11.3 Å². The summed E-state index contributed by atoms with van der Waals surface area (Å²) < 4.78 is 0. The van der Waals surface area contributed by atoms with E-state index in [9.17, 15) is 0 Å². The lowest BCUT2D eigenvalue weighted by Crippen LogP contribution is -2.47. The summed E-state index contributed by atoms with van der Waals surface area (Å²) in [7, 11) is 0. The summed E-state index contributed by atoms with van der Waals surface area (Å²) in [5.74, 6) is 1.74. The molecule has 6 nitrogen and oxygen atoms in total. The summed E-state index contributed by atoms with van der Waals surface area (Å²) >= 11 is 1.68. The van der Waals surface area contributed by atoms with Crippen molar-refractivity contribution in [3.05, 3.63) is 47.6 Å². The molecule has 0 unspecified atom stereocenters. The number of piperazine rings is 1. The molecule has 1 fully saturated rings. The van der Waals surface area contributed by atoms with E-state index in [0.29, 0.717) is 0 Å². The highest BCUT2D eigenvalue weighted by Gasteiger charge is 2.20. The maximum atomic E-state index is 4.50. The predicted molar refractivity (Wildman–Crippen MR) is 96.5 cm³/mol. The Labute approximate surface area is 144 Å². The Balaban J connectivity index is 1.42. The molecule has 4 heterocycles. The van der Waals surface area contributed by atoms with E-state index in [0.717, 1.165) is 54.2 Å². The van der Waals surface area contributed by atoms with E-state index >= 15 is 0 Å². The molecule has 1 saturated heterocycles. The number of nitrogens with zero attached hydrogens (tertiary/aromatic N) is 6. The average molecular weight is 338 g/mol. The fraction of sp³-hybridized carbons (Fsp3) is 0.294. The number of hydrogen-bond acceptors (Lipinski definition) is 7. The molecule has 0 bridgehead atoms. The van der Waals surface area contributed by atoms with E-state index < -0.39 is 0 Å². The Bertz CT molecular complexity index is 794. The van der Waals surface area contributed by atoms with Crippen LogP contribution in [0, 0.1) is 6.92 Å². The molecular weight excluding hydrogens is 320 g/mol. The summed E-state index contributed by atoms with van der Waals surface area (Å²) in [6.45, 7) is 5.55. The molecule has 0 aromatic carbocycles. The molecule has 122 valence electrons. The van der Waals surface area contributed by atoms with Crippen LogP contribution in [0.3, 0.4) is 0 Å². The van der Waals surface area contributed by atoms with Gasteiger partial charge >= 0.3 is 0 Å². The molecular formula is C17H18N6S. The lowest BCUT2D eigenvalue weighted by Gasteiger charge is -2.35. The third-order valence-electron chi connectivity index (χ3n) is 4.09. The van der Waals surface area contributed by atoms with Crippen LogP contribution < -0.4 is 9.80 Å². The number of rotatable bonds is 3. The lowest BCUT2D eigenvalue weighted by atomic mass is 10.3. The molecule has 24 heavy (non-hydrogen) atoms. The third-order valence-corrected chi connectivity index (χ3v) is 4.99. The Morgan fingerprint density at radius 2 is 1.79 bits per heavy atom. The van der Waals surface area contributed by atoms with Gasteiger partial charge in [0.05, 0.1) is 4.88 Å². The first kappa shape index (κ1) is 15.0. The normalized spacial score (nSPS) is 14.9. The summed E-state index contributed by atoms with van der Waals surface area (Å²) in [6.07, 6.45) is 1.82. The highest BCUT2D eigenvalue weighted by Crippen LogP contribution is 2.23. The summed E-state index contributed by atoms with van der Waals surface area (Å²) in [6, 6.07) is 10.1. The number of thiophene rings is 1. The molecule has 1 aliphatic rings. The number of aromatic nitrogens is 4. The molecule has 0 atom stereocenters. The number of aryl methyl sites for hydroxylation is 1.